The molecule has 1 amide bonds. The molecule has 3 heterocycles. The Hall–Kier alpha value is -1.00. The molecule has 16 heavy (non-hydrogen) atoms. The number of likely N-dealkylation sites (tertiary alicyclic amines) is 1. The Morgan fingerprint density at radius 1 is 1.50 bits per heavy atom. The fourth-order valence-electron chi connectivity index (χ4n) is 2.60. The van der Waals surface area contributed by atoms with E-state index in [0.29, 0.717) is 17.7 Å². The van der Waals surface area contributed by atoms with Gasteiger partial charge in [-0.3, -0.25) is 4.79 Å². The highest BCUT2D eigenvalue weighted by atomic mass is 35.5. The van der Waals surface area contributed by atoms with Gasteiger partial charge in [-0.05, 0) is 42.6 Å². The van der Waals surface area contributed by atoms with Gasteiger partial charge in [0.15, 0.2) is 11.0 Å². The number of nitrogens with one attached hydrogen (secondary N) is 1. The fourth-order valence-corrected chi connectivity index (χ4v) is 2.75. The quantitative estimate of drug-likeness (QED) is 0.807. The van der Waals surface area contributed by atoms with Crippen molar-refractivity contribution in [1.29, 1.82) is 0 Å². The van der Waals surface area contributed by atoms with E-state index in [1.54, 1.807) is 12.1 Å². The zero-order valence-electron chi connectivity index (χ0n) is 8.78. The van der Waals surface area contributed by atoms with Crippen LogP contribution in [0.4, 0.5) is 0 Å². The van der Waals surface area contributed by atoms with Crippen molar-refractivity contribution in [2.24, 2.45) is 5.92 Å². The number of fused-ring (bicyclic) bond motifs is 1. The average molecular weight is 241 g/mol. The summed E-state index contributed by atoms with van der Waals surface area (Å²) < 4.78 is 5.13. The van der Waals surface area contributed by atoms with Crippen LogP contribution in [-0.4, -0.2) is 36.5 Å². The Balaban J connectivity index is 1.73. The number of carbonyl (C=O) groups excluding carboxylic acids is 1. The minimum absolute atomic E-state index is 0.0527. The Bertz CT molecular complexity index is 406. The third-order valence-electron chi connectivity index (χ3n) is 3.43. The van der Waals surface area contributed by atoms with Gasteiger partial charge < -0.3 is 14.6 Å². The maximum absolute atomic E-state index is 12.0. The van der Waals surface area contributed by atoms with Crippen molar-refractivity contribution in [2.75, 3.05) is 19.6 Å². The van der Waals surface area contributed by atoms with Gasteiger partial charge in [0.25, 0.3) is 5.91 Å². The van der Waals surface area contributed by atoms with Gasteiger partial charge >= 0.3 is 0 Å². The molecule has 1 aromatic heterocycles. The van der Waals surface area contributed by atoms with Gasteiger partial charge in [0, 0.05) is 19.1 Å². The van der Waals surface area contributed by atoms with Crippen LogP contribution in [-0.2, 0) is 0 Å². The lowest BCUT2D eigenvalue weighted by Gasteiger charge is -2.15. The summed E-state index contributed by atoms with van der Waals surface area (Å²) in [5.74, 6) is 0.891. The highest BCUT2D eigenvalue weighted by Gasteiger charge is 2.38. The summed E-state index contributed by atoms with van der Waals surface area (Å²) in [7, 11) is 0. The van der Waals surface area contributed by atoms with E-state index >= 15 is 0 Å². The largest absolute Gasteiger partial charge is 0.440 e. The molecule has 2 saturated heterocycles. The standard InChI is InChI=1S/C11H13ClN2O2/c12-10-2-1-9(16-10)11(15)14-5-7-3-4-13-8(7)6-14/h1-2,7-8,13H,3-6H2. The lowest BCUT2D eigenvalue weighted by Crippen LogP contribution is -2.33. The topological polar surface area (TPSA) is 45.5 Å². The lowest BCUT2D eigenvalue weighted by atomic mass is 10.1. The first-order valence-electron chi connectivity index (χ1n) is 5.52. The van der Waals surface area contributed by atoms with E-state index in [0.717, 1.165) is 26.1 Å². The molecular weight excluding hydrogens is 228 g/mol. The summed E-state index contributed by atoms with van der Waals surface area (Å²) in [5.41, 5.74) is 0. The average Bonchev–Trinajstić information content (AvgIpc) is 2.89. The monoisotopic (exact) mass is 240 g/mol. The molecule has 2 aliphatic rings. The summed E-state index contributed by atoms with van der Waals surface area (Å²) in [4.78, 5) is 13.9. The molecule has 0 saturated carbocycles. The SMILES string of the molecule is O=C(c1ccc(Cl)o1)N1CC2CCNC2C1. The van der Waals surface area contributed by atoms with E-state index in [1.165, 1.54) is 0 Å². The lowest BCUT2D eigenvalue weighted by molar-refractivity contribution is 0.0751. The number of halogens is 1. The zero-order valence-corrected chi connectivity index (χ0v) is 9.54. The molecule has 1 N–H and O–H groups in total. The van der Waals surface area contributed by atoms with Crippen LogP contribution in [0.1, 0.15) is 17.0 Å². The predicted molar refractivity (Wildman–Crippen MR) is 59.5 cm³/mol. The maximum Gasteiger partial charge on any atom is 0.289 e. The molecule has 4 nitrogen and oxygen atoms in total. The van der Waals surface area contributed by atoms with E-state index in [4.69, 9.17) is 16.0 Å². The van der Waals surface area contributed by atoms with Crippen LogP contribution in [0.25, 0.3) is 0 Å². The molecule has 1 aromatic rings. The van der Waals surface area contributed by atoms with Gasteiger partial charge in [-0.25, -0.2) is 0 Å². The van der Waals surface area contributed by atoms with Crippen LogP contribution < -0.4 is 5.32 Å². The van der Waals surface area contributed by atoms with Crippen molar-refractivity contribution in [3.8, 4) is 0 Å². The number of furan rings is 1. The molecule has 0 bridgehead atoms. The molecule has 86 valence electrons. The van der Waals surface area contributed by atoms with Gasteiger partial charge in [0.1, 0.15) is 0 Å². The van der Waals surface area contributed by atoms with Crippen LogP contribution >= 0.6 is 11.6 Å². The number of nitrogens with zero attached hydrogens (tertiary/aromatic N) is 1. The third kappa shape index (κ3) is 1.62. The highest BCUT2D eigenvalue weighted by Crippen LogP contribution is 2.26. The zero-order chi connectivity index (χ0) is 11.1. The molecule has 2 aliphatic heterocycles. The Morgan fingerprint density at radius 3 is 3.06 bits per heavy atom. The highest BCUT2D eigenvalue weighted by molar-refractivity contribution is 6.29. The molecular formula is C11H13ClN2O2. The van der Waals surface area contributed by atoms with E-state index < -0.39 is 0 Å². The molecule has 0 spiro atoms. The first kappa shape index (κ1) is 10.2. The van der Waals surface area contributed by atoms with Crippen LogP contribution in [0.5, 0.6) is 0 Å². The Labute approximate surface area is 98.5 Å². The first-order chi connectivity index (χ1) is 7.74. The van der Waals surface area contributed by atoms with Gasteiger partial charge in [0.05, 0.1) is 0 Å². The number of hydrogen-bond donors (Lipinski definition) is 1. The summed E-state index contributed by atoms with van der Waals surface area (Å²) in [6.45, 7) is 2.68. The Kier molecular flexibility index (Phi) is 2.41. The summed E-state index contributed by atoms with van der Waals surface area (Å²) in [6, 6.07) is 3.70. The van der Waals surface area contributed by atoms with Crippen LogP contribution in [0.2, 0.25) is 5.22 Å². The van der Waals surface area contributed by atoms with E-state index in [9.17, 15) is 4.79 Å². The van der Waals surface area contributed by atoms with E-state index in [2.05, 4.69) is 5.32 Å². The van der Waals surface area contributed by atoms with Crippen LogP contribution in [0, 0.1) is 5.92 Å². The molecule has 0 radical (unpaired) electrons. The summed E-state index contributed by atoms with van der Waals surface area (Å²) in [6.07, 6.45) is 1.16. The predicted octanol–water partition coefficient (Wildman–Crippen LogP) is 1.37. The van der Waals surface area contributed by atoms with Crippen molar-refractivity contribution in [3.05, 3.63) is 23.1 Å². The van der Waals surface area contributed by atoms with Crippen molar-refractivity contribution >= 4 is 17.5 Å². The maximum atomic E-state index is 12.0. The Morgan fingerprint density at radius 2 is 2.38 bits per heavy atom. The third-order valence-corrected chi connectivity index (χ3v) is 3.64. The minimum atomic E-state index is -0.0527. The van der Waals surface area contributed by atoms with Crippen LogP contribution in [0.15, 0.2) is 16.5 Å². The number of carbonyl (C=O) groups is 1. The van der Waals surface area contributed by atoms with Gasteiger partial charge in [-0.2, -0.15) is 0 Å². The van der Waals surface area contributed by atoms with E-state index in [-0.39, 0.29) is 11.1 Å². The number of amides is 1. The molecule has 2 atom stereocenters. The number of rotatable bonds is 1. The van der Waals surface area contributed by atoms with E-state index in [1.807, 2.05) is 4.90 Å². The second-order valence-corrected chi connectivity index (χ2v) is 4.80. The molecule has 0 aromatic carbocycles. The summed E-state index contributed by atoms with van der Waals surface area (Å²) >= 11 is 5.66. The van der Waals surface area contributed by atoms with Gasteiger partial charge in [0.2, 0.25) is 0 Å². The fraction of sp³-hybridized carbons (Fsp3) is 0.545. The van der Waals surface area contributed by atoms with Gasteiger partial charge in [-0.1, -0.05) is 0 Å². The molecule has 2 unspecified atom stereocenters. The molecule has 5 heteroatoms. The second-order valence-electron chi connectivity index (χ2n) is 4.42. The minimum Gasteiger partial charge on any atom is -0.440 e. The molecule has 0 aliphatic carbocycles. The number of hydrogen-bond acceptors (Lipinski definition) is 3. The smallest absolute Gasteiger partial charge is 0.289 e. The summed E-state index contributed by atoms with van der Waals surface area (Å²) in [5, 5.41) is 3.67. The molecule has 3 rings (SSSR count). The van der Waals surface area contributed by atoms with Crippen LogP contribution in [0.3, 0.4) is 0 Å². The van der Waals surface area contributed by atoms with Gasteiger partial charge in [-0.15, -0.1) is 0 Å². The van der Waals surface area contributed by atoms with Crippen molar-refractivity contribution in [2.45, 2.75) is 12.5 Å². The normalized spacial score (nSPS) is 28.4. The van der Waals surface area contributed by atoms with Crippen molar-refractivity contribution < 1.29 is 9.21 Å². The first-order valence-corrected chi connectivity index (χ1v) is 5.90. The second kappa shape index (κ2) is 3.79. The van der Waals surface area contributed by atoms with Crippen molar-refractivity contribution in [1.82, 2.24) is 10.2 Å². The van der Waals surface area contributed by atoms with Crippen molar-refractivity contribution in [3.63, 3.8) is 0 Å². The molecule has 2 fully saturated rings.